The van der Waals surface area contributed by atoms with Gasteiger partial charge in [0.2, 0.25) is 0 Å². The lowest BCUT2D eigenvalue weighted by Crippen LogP contribution is -2.23. The lowest BCUT2D eigenvalue weighted by molar-refractivity contribution is 0.299. The Bertz CT molecular complexity index is 884. The highest BCUT2D eigenvalue weighted by molar-refractivity contribution is 5.41. The van der Waals surface area contributed by atoms with Gasteiger partial charge in [0, 0.05) is 7.05 Å². The van der Waals surface area contributed by atoms with Crippen LogP contribution in [-0.2, 0) is 13.7 Å². The largest absolute Gasteiger partial charge is 0.489 e. The predicted molar refractivity (Wildman–Crippen MR) is 82.1 cm³/mol. The van der Waals surface area contributed by atoms with Crippen LogP contribution in [0.3, 0.4) is 0 Å². The number of aryl methyl sites for hydroxylation is 2. The standard InChI is InChI=1S/C16H15FN4O2/c1-11-6-8-12(9-7-11)23-10-13-14(17)4-3-5-15(13)21-16(22)20(2)18-19-21/h3-9H,10H2,1-2H3. The van der Waals surface area contributed by atoms with Crippen molar-refractivity contribution in [2.75, 3.05) is 0 Å². The number of tetrazole rings is 1. The molecule has 0 saturated heterocycles. The molecule has 3 rings (SSSR count). The maximum absolute atomic E-state index is 14.2. The van der Waals surface area contributed by atoms with Gasteiger partial charge >= 0.3 is 5.69 Å². The zero-order valence-corrected chi connectivity index (χ0v) is 12.7. The number of hydrogen-bond donors (Lipinski definition) is 0. The number of ether oxygens (including phenoxy) is 1. The first-order valence-electron chi connectivity index (χ1n) is 7.02. The highest BCUT2D eigenvalue weighted by Gasteiger charge is 2.15. The first-order valence-corrected chi connectivity index (χ1v) is 7.02. The van der Waals surface area contributed by atoms with E-state index in [-0.39, 0.29) is 12.2 Å². The van der Waals surface area contributed by atoms with Crippen molar-refractivity contribution in [2.24, 2.45) is 7.05 Å². The van der Waals surface area contributed by atoms with Crippen LogP contribution in [0.4, 0.5) is 4.39 Å². The summed E-state index contributed by atoms with van der Waals surface area (Å²) in [6.45, 7) is 1.95. The third kappa shape index (κ3) is 2.98. The minimum atomic E-state index is -0.466. The van der Waals surface area contributed by atoms with Crippen molar-refractivity contribution >= 4 is 0 Å². The van der Waals surface area contributed by atoms with Crippen LogP contribution in [0.5, 0.6) is 5.75 Å². The van der Waals surface area contributed by atoms with Gasteiger partial charge in [-0.2, -0.15) is 9.36 Å². The Labute approximate surface area is 131 Å². The molecule has 0 unspecified atom stereocenters. The van der Waals surface area contributed by atoms with Crippen molar-refractivity contribution in [1.82, 2.24) is 19.8 Å². The molecule has 3 aromatic rings. The topological polar surface area (TPSA) is 61.9 Å². The van der Waals surface area contributed by atoms with Crippen molar-refractivity contribution in [2.45, 2.75) is 13.5 Å². The minimum absolute atomic E-state index is 0.0198. The van der Waals surface area contributed by atoms with Crippen LogP contribution in [0.25, 0.3) is 5.69 Å². The molecule has 0 saturated carbocycles. The van der Waals surface area contributed by atoms with E-state index >= 15 is 0 Å². The summed E-state index contributed by atoms with van der Waals surface area (Å²) < 4.78 is 21.9. The lowest BCUT2D eigenvalue weighted by atomic mass is 10.1. The quantitative estimate of drug-likeness (QED) is 0.739. The van der Waals surface area contributed by atoms with Crippen LogP contribution < -0.4 is 10.4 Å². The molecule has 7 heteroatoms. The molecular weight excluding hydrogens is 299 g/mol. The van der Waals surface area contributed by atoms with Gasteiger partial charge in [0.05, 0.1) is 11.3 Å². The van der Waals surface area contributed by atoms with Gasteiger partial charge < -0.3 is 4.74 Å². The van der Waals surface area contributed by atoms with Crippen LogP contribution in [-0.4, -0.2) is 19.8 Å². The van der Waals surface area contributed by atoms with Gasteiger partial charge in [-0.1, -0.05) is 23.8 Å². The van der Waals surface area contributed by atoms with E-state index in [1.165, 1.54) is 19.2 Å². The maximum Gasteiger partial charge on any atom is 0.368 e. The van der Waals surface area contributed by atoms with Crippen LogP contribution in [0, 0.1) is 12.7 Å². The van der Waals surface area contributed by atoms with Gasteiger partial charge in [-0.15, -0.1) is 0 Å². The van der Waals surface area contributed by atoms with Gasteiger partial charge in [0.15, 0.2) is 0 Å². The van der Waals surface area contributed by atoms with Crippen molar-refractivity contribution in [3.8, 4) is 11.4 Å². The predicted octanol–water partition coefficient (Wildman–Crippen LogP) is 1.99. The molecule has 1 heterocycles. The monoisotopic (exact) mass is 314 g/mol. The van der Waals surface area contributed by atoms with Crippen LogP contribution in [0.15, 0.2) is 47.3 Å². The summed E-state index contributed by atoms with van der Waals surface area (Å²) in [5.41, 5.74) is 1.22. The second-order valence-electron chi connectivity index (χ2n) is 5.14. The van der Waals surface area contributed by atoms with Crippen LogP contribution >= 0.6 is 0 Å². The average Bonchev–Trinajstić information content (AvgIpc) is 2.87. The van der Waals surface area contributed by atoms with E-state index in [1.807, 2.05) is 31.2 Å². The van der Waals surface area contributed by atoms with Gasteiger partial charge in [-0.3, -0.25) is 0 Å². The summed E-state index contributed by atoms with van der Waals surface area (Å²) in [5, 5.41) is 7.39. The van der Waals surface area contributed by atoms with Crippen LogP contribution in [0.2, 0.25) is 0 Å². The molecule has 0 atom stereocenters. The average molecular weight is 314 g/mol. The van der Waals surface area contributed by atoms with Gasteiger partial charge in [-0.25, -0.2) is 9.18 Å². The summed E-state index contributed by atoms with van der Waals surface area (Å²) in [7, 11) is 1.48. The second kappa shape index (κ2) is 6.04. The summed E-state index contributed by atoms with van der Waals surface area (Å²) >= 11 is 0. The van der Waals surface area contributed by atoms with Gasteiger partial charge in [-0.05, 0) is 41.6 Å². The molecule has 0 spiro atoms. The number of halogens is 1. The van der Waals surface area contributed by atoms with E-state index in [0.29, 0.717) is 11.4 Å². The van der Waals surface area contributed by atoms with Crippen molar-refractivity contribution < 1.29 is 9.13 Å². The van der Waals surface area contributed by atoms with Gasteiger partial charge in [0.1, 0.15) is 18.2 Å². The molecule has 0 aliphatic carbocycles. The van der Waals surface area contributed by atoms with E-state index in [0.717, 1.165) is 14.9 Å². The molecule has 0 fully saturated rings. The first kappa shape index (κ1) is 15.0. The molecule has 6 nitrogen and oxygen atoms in total. The minimum Gasteiger partial charge on any atom is -0.489 e. The number of nitrogens with zero attached hydrogens (tertiary/aromatic N) is 4. The van der Waals surface area contributed by atoms with E-state index in [1.54, 1.807) is 6.07 Å². The number of hydrogen-bond acceptors (Lipinski definition) is 4. The number of rotatable bonds is 4. The molecule has 0 radical (unpaired) electrons. The molecule has 2 aromatic carbocycles. The highest BCUT2D eigenvalue weighted by Crippen LogP contribution is 2.19. The smallest absolute Gasteiger partial charge is 0.368 e. The molecule has 0 bridgehead atoms. The molecule has 23 heavy (non-hydrogen) atoms. The molecule has 118 valence electrons. The zero-order chi connectivity index (χ0) is 16.4. The summed E-state index contributed by atoms with van der Waals surface area (Å²) in [5.74, 6) is 0.156. The van der Waals surface area contributed by atoms with Crippen molar-refractivity contribution in [3.05, 3.63) is 69.9 Å². The Morgan fingerprint density at radius 1 is 1.13 bits per heavy atom. The van der Waals surface area contributed by atoms with Crippen molar-refractivity contribution in [3.63, 3.8) is 0 Å². The summed E-state index contributed by atoms with van der Waals surface area (Å²) in [6, 6.07) is 11.9. The Balaban J connectivity index is 1.94. The first-order chi connectivity index (χ1) is 11.1. The van der Waals surface area contributed by atoms with E-state index in [4.69, 9.17) is 4.74 Å². The molecule has 0 amide bonds. The third-order valence-corrected chi connectivity index (χ3v) is 3.45. The molecule has 1 aromatic heterocycles. The number of benzene rings is 2. The van der Waals surface area contributed by atoms with Crippen molar-refractivity contribution in [1.29, 1.82) is 0 Å². The van der Waals surface area contributed by atoms with E-state index in [2.05, 4.69) is 10.4 Å². The molecule has 0 N–H and O–H groups in total. The lowest BCUT2D eigenvalue weighted by Gasteiger charge is -2.11. The highest BCUT2D eigenvalue weighted by atomic mass is 19.1. The Hall–Kier alpha value is -2.96. The van der Waals surface area contributed by atoms with E-state index in [9.17, 15) is 9.18 Å². The third-order valence-electron chi connectivity index (χ3n) is 3.45. The SMILES string of the molecule is Cc1ccc(OCc2c(F)cccc2-n2nnn(C)c2=O)cc1. The fraction of sp³-hybridized carbons (Fsp3) is 0.188. The molecule has 0 aliphatic rings. The number of aromatic nitrogens is 4. The Morgan fingerprint density at radius 3 is 2.52 bits per heavy atom. The molecule has 0 aliphatic heterocycles. The zero-order valence-electron chi connectivity index (χ0n) is 12.7. The normalized spacial score (nSPS) is 10.7. The fourth-order valence-electron chi connectivity index (χ4n) is 2.14. The van der Waals surface area contributed by atoms with E-state index < -0.39 is 11.5 Å². The van der Waals surface area contributed by atoms with Gasteiger partial charge in [0.25, 0.3) is 0 Å². The Morgan fingerprint density at radius 2 is 1.87 bits per heavy atom. The molecular formula is C16H15FN4O2. The maximum atomic E-state index is 14.2. The summed E-state index contributed by atoms with van der Waals surface area (Å²) in [6.07, 6.45) is 0. The fourth-order valence-corrected chi connectivity index (χ4v) is 2.14. The Kier molecular flexibility index (Phi) is 3.92. The summed E-state index contributed by atoms with van der Waals surface area (Å²) in [4.78, 5) is 12.0. The van der Waals surface area contributed by atoms with Crippen LogP contribution in [0.1, 0.15) is 11.1 Å². The second-order valence-corrected chi connectivity index (χ2v) is 5.14.